The number of nitrogens with zero attached hydrogens (tertiary/aromatic N) is 2. The summed E-state index contributed by atoms with van der Waals surface area (Å²) in [5, 5.41) is 11.5. The van der Waals surface area contributed by atoms with Crippen LogP contribution >= 0.6 is 11.3 Å². The Labute approximate surface area is 166 Å². The van der Waals surface area contributed by atoms with Crippen molar-refractivity contribution in [3.05, 3.63) is 57.9 Å². The Morgan fingerprint density at radius 3 is 2.68 bits per heavy atom. The fraction of sp³-hybridized carbons (Fsp3) is 0.273. The maximum absolute atomic E-state index is 13.2. The van der Waals surface area contributed by atoms with Crippen molar-refractivity contribution in [2.45, 2.75) is 27.3 Å². The zero-order chi connectivity index (χ0) is 19.8. The van der Waals surface area contributed by atoms with Gasteiger partial charge in [0.05, 0.1) is 26.7 Å². The van der Waals surface area contributed by atoms with Crippen molar-refractivity contribution in [3.63, 3.8) is 0 Å². The first-order valence-corrected chi connectivity index (χ1v) is 10.2. The normalized spacial score (nSPS) is 11.7. The second-order valence-electron chi connectivity index (χ2n) is 6.82. The lowest BCUT2D eigenvalue weighted by molar-refractivity contribution is 0.290. The van der Waals surface area contributed by atoms with Crippen molar-refractivity contribution in [1.29, 1.82) is 0 Å². The molecule has 0 spiro atoms. The van der Waals surface area contributed by atoms with Gasteiger partial charge in [-0.2, -0.15) is 0 Å². The molecule has 0 fully saturated rings. The average molecular weight is 394 g/mol. The number of hydrogen-bond donors (Lipinski definition) is 1. The Morgan fingerprint density at radius 2 is 1.96 bits per heavy atom. The number of fused-ring (bicyclic) bond motifs is 2. The third-order valence-electron chi connectivity index (χ3n) is 5.14. The van der Waals surface area contributed by atoms with E-state index in [0.29, 0.717) is 33.6 Å². The number of aryl methyl sites for hydroxylation is 1. The van der Waals surface area contributed by atoms with E-state index in [1.807, 2.05) is 25.1 Å². The van der Waals surface area contributed by atoms with E-state index in [1.165, 1.54) is 17.6 Å². The molecular weight excluding hydrogens is 372 g/mol. The third-order valence-corrected chi connectivity index (χ3v) is 6.38. The summed E-state index contributed by atoms with van der Waals surface area (Å²) in [5.74, 6) is 0.144. The molecule has 2 aromatic heterocycles. The van der Waals surface area contributed by atoms with E-state index >= 15 is 0 Å². The quantitative estimate of drug-likeness (QED) is 0.520. The Morgan fingerprint density at radius 1 is 1.18 bits per heavy atom. The van der Waals surface area contributed by atoms with Gasteiger partial charge in [0.1, 0.15) is 22.6 Å². The Hall–Kier alpha value is -2.70. The van der Waals surface area contributed by atoms with Gasteiger partial charge in [-0.15, -0.1) is 11.3 Å². The smallest absolute Gasteiger partial charge is 0.202 e. The number of hydrogen-bond acceptors (Lipinski definition) is 6. The molecule has 1 N–H and O–H groups in total. The number of phenols is 1. The summed E-state index contributed by atoms with van der Waals surface area (Å²) in [4.78, 5) is 20.0. The number of thiazole rings is 1. The van der Waals surface area contributed by atoms with E-state index < -0.39 is 0 Å². The van der Waals surface area contributed by atoms with E-state index in [9.17, 15) is 9.90 Å². The number of aromatic hydroxyl groups is 1. The molecule has 2 aromatic carbocycles. The molecule has 0 aliphatic heterocycles. The van der Waals surface area contributed by atoms with Crippen LogP contribution < -0.4 is 5.43 Å². The largest absolute Gasteiger partial charge is 0.507 e. The van der Waals surface area contributed by atoms with Gasteiger partial charge in [0.2, 0.25) is 5.43 Å². The molecule has 0 saturated carbocycles. The molecule has 5 nitrogen and oxygen atoms in total. The van der Waals surface area contributed by atoms with Crippen molar-refractivity contribution >= 4 is 32.5 Å². The molecule has 0 bridgehead atoms. The van der Waals surface area contributed by atoms with Crippen LogP contribution in [0.5, 0.6) is 5.75 Å². The monoisotopic (exact) mass is 394 g/mol. The minimum Gasteiger partial charge on any atom is -0.507 e. The van der Waals surface area contributed by atoms with Crippen molar-refractivity contribution in [3.8, 4) is 16.3 Å². The van der Waals surface area contributed by atoms with Crippen LogP contribution in [-0.2, 0) is 6.54 Å². The molecule has 6 heteroatoms. The second kappa shape index (κ2) is 7.37. The van der Waals surface area contributed by atoms with Crippen LogP contribution in [0.4, 0.5) is 0 Å². The van der Waals surface area contributed by atoms with Crippen molar-refractivity contribution in [1.82, 2.24) is 9.88 Å². The summed E-state index contributed by atoms with van der Waals surface area (Å²) < 4.78 is 6.96. The molecule has 0 saturated heterocycles. The molecule has 4 aromatic rings. The van der Waals surface area contributed by atoms with Crippen LogP contribution in [0.2, 0.25) is 0 Å². The van der Waals surface area contributed by atoms with Gasteiger partial charge in [-0.3, -0.25) is 9.69 Å². The highest BCUT2D eigenvalue weighted by molar-refractivity contribution is 7.21. The topological polar surface area (TPSA) is 66.6 Å². The summed E-state index contributed by atoms with van der Waals surface area (Å²) in [5.41, 5.74) is 3.43. The number of aromatic nitrogens is 1. The van der Waals surface area contributed by atoms with E-state index in [0.717, 1.165) is 28.9 Å². The maximum Gasteiger partial charge on any atom is 0.202 e. The van der Waals surface area contributed by atoms with Gasteiger partial charge in [0.25, 0.3) is 0 Å². The van der Waals surface area contributed by atoms with Gasteiger partial charge in [-0.1, -0.05) is 26.0 Å². The number of rotatable bonds is 5. The minimum atomic E-state index is -0.126. The van der Waals surface area contributed by atoms with Gasteiger partial charge >= 0.3 is 0 Å². The highest BCUT2D eigenvalue weighted by Gasteiger charge is 2.18. The third kappa shape index (κ3) is 3.08. The molecule has 0 unspecified atom stereocenters. The van der Waals surface area contributed by atoms with Crippen molar-refractivity contribution < 1.29 is 9.52 Å². The molecule has 0 aliphatic rings. The highest BCUT2D eigenvalue weighted by Crippen LogP contribution is 2.33. The lowest BCUT2D eigenvalue weighted by atomic mass is 10.1. The summed E-state index contributed by atoms with van der Waals surface area (Å²) in [7, 11) is 0. The summed E-state index contributed by atoms with van der Waals surface area (Å²) in [6.07, 6.45) is 1.48. The van der Waals surface area contributed by atoms with Crippen molar-refractivity contribution in [2.24, 2.45) is 0 Å². The van der Waals surface area contributed by atoms with Crippen LogP contribution in [0.25, 0.3) is 31.8 Å². The Kier molecular flexibility index (Phi) is 4.91. The predicted octanol–water partition coefficient (Wildman–Crippen LogP) is 4.93. The van der Waals surface area contributed by atoms with E-state index in [1.54, 1.807) is 12.1 Å². The molecule has 0 atom stereocenters. The standard InChI is InChI=1S/C22H22N2O3S/c1-4-24(5-2)11-15-18(25)10-9-14-19(26)16(12-27-20(14)15)22-23-17-8-6-7-13(3)21(17)28-22/h6-10,12,25H,4-5,11H2,1-3H3. The first-order valence-electron chi connectivity index (χ1n) is 9.38. The first-order chi connectivity index (χ1) is 13.5. The van der Waals surface area contributed by atoms with E-state index in [4.69, 9.17) is 4.42 Å². The Bertz CT molecular complexity index is 1220. The average Bonchev–Trinajstić information content (AvgIpc) is 3.13. The van der Waals surface area contributed by atoms with Crippen LogP contribution in [0.3, 0.4) is 0 Å². The SMILES string of the molecule is CCN(CC)Cc1c(O)ccc2c(=O)c(-c3nc4cccc(C)c4s3)coc12. The fourth-order valence-electron chi connectivity index (χ4n) is 3.42. The zero-order valence-corrected chi connectivity index (χ0v) is 17.0. The predicted molar refractivity (Wildman–Crippen MR) is 114 cm³/mol. The van der Waals surface area contributed by atoms with Crippen LogP contribution in [0.1, 0.15) is 25.0 Å². The molecule has 28 heavy (non-hydrogen) atoms. The molecule has 2 heterocycles. The number of phenolic OH excluding ortho intramolecular Hbond substituents is 1. The number of benzene rings is 2. The lowest BCUT2D eigenvalue weighted by Gasteiger charge is -2.19. The van der Waals surface area contributed by atoms with E-state index in [-0.39, 0.29) is 11.2 Å². The minimum absolute atomic E-state index is 0.126. The lowest BCUT2D eigenvalue weighted by Crippen LogP contribution is -2.22. The van der Waals surface area contributed by atoms with Crippen LogP contribution in [0.15, 0.2) is 45.8 Å². The maximum atomic E-state index is 13.2. The Balaban J connectivity index is 1.88. The van der Waals surface area contributed by atoms with Gasteiger partial charge in [0.15, 0.2) is 0 Å². The van der Waals surface area contributed by atoms with Crippen LogP contribution in [0, 0.1) is 6.92 Å². The van der Waals surface area contributed by atoms with Crippen LogP contribution in [-0.4, -0.2) is 28.1 Å². The van der Waals surface area contributed by atoms with Gasteiger partial charge in [-0.05, 0) is 43.8 Å². The van der Waals surface area contributed by atoms with Crippen molar-refractivity contribution in [2.75, 3.05) is 13.1 Å². The first kappa shape index (κ1) is 18.7. The summed E-state index contributed by atoms with van der Waals surface area (Å²) in [6, 6.07) is 9.15. The zero-order valence-electron chi connectivity index (χ0n) is 16.2. The highest BCUT2D eigenvalue weighted by atomic mass is 32.1. The van der Waals surface area contributed by atoms with E-state index in [2.05, 4.69) is 23.7 Å². The second-order valence-corrected chi connectivity index (χ2v) is 7.82. The molecule has 0 amide bonds. The molecule has 0 aliphatic carbocycles. The van der Waals surface area contributed by atoms with Gasteiger partial charge < -0.3 is 9.52 Å². The van der Waals surface area contributed by atoms with Gasteiger partial charge in [-0.25, -0.2) is 4.98 Å². The molecule has 144 valence electrons. The molecular formula is C22H22N2O3S. The summed E-state index contributed by atoms with van der Waals surface area (Å²) in [6.45, 7) is 8.39. The fourth-order valence-corrected chi connectivity index (χ4v) is 4.46. The molecule has 4 rings (SSSR count). The molecule has 0 radical (unpaired) electrons. The summed E-state index contributed by atoms with van der Waals surface area (Å²) >= 11 is 1.50. The van der Waals surface area contributed by atoms with Gasteiger partial charge in [0, 0.05) is 6.54 Å².